The molecule has 4 nitrogen and oxygen atoms in total. The Balaban J connectivity index is 1.82. The largest absolute Gasteiger partial charge is 0.355 e. The number of hydrogen-bond donors (Lipinski definition) is 2. The molecule has 2 atom stereocenters. The van der Waals surface area contributed by atoms with Crippen LogP contribution in [0.2, 0.25) is 10.0 Å². The summed E-state index contributed by atoms with van der Waals surface area (Å²) in [7, 11) is 0. The Bertz CT molecular complexity index is 494. The Morgan fingerprint density at radius 2 is 1.90 bits per heavy atom. The zero-order valence-electron chi connectivity index (χ0n) is 11.4. The number of halogens is 2. The molecule has 0 amide bonds. The van der Waals surface area contributed by atoms with Crippen molar-refractivity contribution in [1.29, 1.82) is 0 Å². The number of fused-ring (bicyclic) bond motifs is 1. The summed E-state index contributed by atoms with van der Waals surface area (Å²) >= 11 is 12.4. The lowest BCUT2D eigenvalue weighted by Gasteiger charge is -2.42. The third-order valence-corrected chi connectivity index (χ3v) is 5.20. The summed E-state index contributed by atoms with van der Waals surface area (Å²) in [6, 6.07) is 1.72. The van der Waals surface area contributed by atoms with E-state index in [1.54, 1.807) is 6.07 Å². The average molecular weight is 315 g/mol. The molecule has 0 spiro atoms. The molecule has 2 aliphatic rings. The van der Waals surface area contributed by atoms with Crippen molar-refractivity contribution in [2.75, 3.05) is 23.4 Å². The number of hydrazine groups is 1. The molecule has 0 bridgehead atoms. The van der Waals surface area contributed by atoms with Gasteiger partial charge in [0.25, 0.3) is 0 Å². The summed E-state index contributed by atoms with van der Waals surface area (Å²) in [6.45, 7) is 2.06. The molecule has 3 N–H and O–H groups in total. The van der Waals surface area contributed by atoms with E-state index in [1.807, 2.05) is 0 Å². The molecule has 0 aromatic carbocycles. The highest BCUT2D eigenvalue weighted by Crippen LogP contribution is 2.39. The van der Waals surface area contributed by atoms with E-state index in [2.05, 4.69) is 15.3 Å². The van der Waals surface area contributed by atoms with Crippen molar-refractivity contribution in [3.63, 3.8) is 0 Å². The summed E-state index contributed by atoms with van der Waals surface area (Å²) in [4.78, 5) is 6.76. The van der Waals surface area contributed by atoms with Crippen LogP contribution in [0.15, 0.2) is 6.07 Å². The molecule has 110 valence electrons. The van der Waals surface area contributed by atoms with Crippen molar-refractivity contribution in [1.82, 2.24) is 4.98 Å². The zero-order valence-corrected chi connectivity index (χ0v) is 12.9. The van der Waals surface area contributed by atoms with Crippen LogP contribution in [0.4, 0.5) is 11.6 Å². The van der Waals surface area contributed by atoms with E-state index in [9.17, 15) is 0 Å². The molecule has 1 aromatic heterocycles. The number of nitrogen functional groups attached to an aromatic ring is 1. The molecule has 0 radical (unpaired) electrons. The SMILES string of the molecule is NNc1nc(N2CCC3CCCCC3C2)c(Cl)cc1Cl. The summed E-state index contributed by atoms with van der Waals surface area (Å²) in [5.41, 5.74) is 2.53. The van der Waals surface area contributed by atoms with Crippen molar-refractivity contribution in [2.24, 2.45) is 17.7 Å². The number of aromatic nitrogens is 1. The molecular formula is C14H20Cl2N4. The van der Waals surface area contributed by atoms with Gasteiger partial charge < -0.3 is 10.3 Å². The van der Waals surface area contributed by atoms with E-state index in [0.717, 1.165) is 30.7 Å². The Labute approximate surface area is 129 Å². The number of nitrogens with zero attached hydrogens (tertiary/aromatic N) is 2. The van der Waals surface area contributed by atoms with Crippen LogP contribution in [0.1, 0.15) is 32.1 Å². The second-order valence-electron chi connectivity index (χ2n) is 5.81. The quantitative estimate of drug-likeness (QED) is 0.645. The van der Waals surface area contributed by atoms with Gasteiger partial charge in [-0.1, -0.05) is 42.5 Å². The summed E-state index contributed by atoms with van der Waals surface area (Å²) in [5.74, 6) is 8.39. The maximum atomic E-state index is 6.31. The van der Waals surface area contributed by atoms with Crippen LogP contribution in [0.3, 0.4) is 0 Å². The molecule has 2 unspecified atom stereocenters. The number of anilines is 2. The standard InChI is InChI=1S/C14H20Cl2N4/c15-11-7-12(16)14(18-13(11)19-17)20-6-5-9-3-1-2-4-10(9)8-20/h7,9-10H,1-6,8,17H2,(H,18,19). The molecule has 1 aliphatic carbocycles. The number of nitrogens with two attached hydrogens (primary N) is 1. The molecule has 20 heavy (non-hydrogen) atoms. The Kier molecular flexibility index (Phi) is 4.24. The molecule has 2 fully saturated rings. The van der Waals surface area contributed by atoms with E-state index >= 15 is 0 Å². The normalized spacial score (nSPS) is 26.2. The number of pyridine rings is 1. The van der Waals surface area contributed by atoms with Gasteiger partial charge in [-0.15, -0.1) is 0 Å². The Morgan fingerprint density at radius 1 is 1.15 bits per heavy atom. The van der Waals surface area contributed by atoms with Crippen molar-refractivity contribution in [2.45, 2.75) is 32.1 Å². The van der Waals surface area contributed by atoms with Gasteiger partial charge in [-0.3, -0.25) is 0 Å². The van der Waals surface area contributed by atoms with E-state index < -0.39 is 0 Å². The van der Waals surface area contributed by atoms with Gasteiger partial charge in [-0.25, -0.2) is 10.8 Å². The van der Waals surface area contributed by atoms with Crippen molar-refractivity contribution in [3.8, 4) is 0 Å². The third kappa shape index (κ3) is 2.69. The summed E-state index contributed by atoms with van der Waals surface area (Å²) in [5, 5.41) is 1.05. The van der Waals surface area contributed by atoms with Gasteiger partial charge in [0, 0.05) is 13.1 Å². The predicted octanol–water partition coefficient (Wildman–Crippen LogP) is 3.69. The van der Waals surface area contributed by atoms with Crippen LogP contribution in [0.5, 0.6) is 0 Å². The molecule has 6 heteroatoms. The summed E-state index contributed by atoms with van der Waals surface area (Å²) < 4.78 is 0. The first kappa shape index (κ1) is 14.2. The maximum absolute atomic E-state index is 6.31. The van der Waals surface area contributed by atoms with Gasteiger partial charge in [0.1, 0.15) is 5.82 Å². The Hall–Kier alpha value is -0.710. The minimum Gasteiger partial charge on any atom is -0.355 e. The fourth-order valence-corrected chi connectivity index (χ4v) is 4.11. The highest BCUT2D eigenvalue weighted by atomic mass is 35.5. The van der Waals surface area contributed by atoms with Gasteiger partial charge in [0.15, 0.2) is 5.82 Å². The molecule has 1 aliphatic heterocycles. The van der Waals surface area contributed by atoms with E-state index in [-0.39, 0.29) is 0 Å². The van der Waals surface area contributed by atoms with Gasteiger partial charge in [0.2, 0.25) is 0 Å². The van der Waals surface area contributed by atoms with Crippen LogP contribution < -0.4 is 16.2 Å². The number of hydrogen-bond acceptors (Lipinski definition) is 4. The second kappa shape index (κ2) is 5.96. The number of rotatable bonds is 2. The first-order valence-electron chi connectivity index (χ1n) is 7.26. The lowest BCUT2D eigenvalue weighted by atomic mass is 9.75. The highest BCUT2D eigenvalue weighted by molar-refractivity contribution is 6.37. The lowest BCUT2D eigenvalue weighted by molar-refractivity contribution is 0.202. The first-order valence-corrected chi connectivity index (χ1v) is 8.02. The van der Waals surface area contributed by atoms with Gasteiger partial charge in [-0.2, -0.15) is 0 Å². The number of nitrogens with one attached hydrogen (secondary N) is 1. The van der Waals surface area contributed by atoms with Crippen molar-refractivity contribution < 1.29 is 0 Å². The highest BCUT2D eigenvalue weighted by Gasteiger charge is 2.32. The van der Waals surface area contributed by atoms with Crippen LogP contribution in [0, 0.1) is 11.8 Å². The maximum Gasteiger partial charge on any atom is 0.161 e. The molecule has 2 heterocycles. The predicted molar refractivity (Wildman–Crippen MR) is 84.3 cm³/mol. The fourth-order valence-electron chi connectivity index (χ4n) is 3.57. The van der Waals surface area contributed by atoms with Crippen LogP contribution in [0.25, 0.3) is 0 Å². The summed E-state index contributed by atoms with van der Waals surface area (Å²) in [6.07, 6.45) is 6.69. The van der Waals surface area contributed by atoms with Gasteiger partial charge >= 0.3 is 0 Å². The monoisotopic (exact) mass is 314 g/mol. The van der Waals surface area contributed by atoms with Crippen LogP contribution in [-0.4, -0.2) is 18.1 Å². The molecule has 3 rings (SSSR count). The van der Waals surface area contributed by atoms with Gasteiger partial charge in [0.05, 0.1) is 10.0 Å². The van der Waals surface area contributed by atoms with Gasteiger partial charge in [-0.05, 0) is 30.7 Å². The first-order chi connectivity index (χ1) is 9.69. The lowest BCUT2D eigenvalue weighted by Crippen LogP contribution is -2.42. The van der Waals surface area contributed by atoms with Crippen LogP contribution >= 0.6 is 23.2 Å². The molecule has 1 saturated carbocycles. The second-order valence-corrected chi connectivity index (χ2v) is 6.62. The minimum absolute atomic E-state index is 0.453. The van der Waals surface area contributed by atoms with Crippen molar-refractivity contribution in [3.05, 3.63) is 16.1 Å². The van der Waals surface area contributed by atoms with E-state index in [4.69, 9.17) is 29.0 Å². The average Bonchev–Trinajstić information content (AvgIpc) is 2.47. The molecular weight excluding hydrogens is 295 g/mol. The van der Waals surface area contributed by atoms with Crippen LogP contribution in [-0.2, 0) is 0 Å². The minimum atomic E-state index is 0.453. The zero-order chi connectivity index (χ0) is 14.1. The molecule has 1 aromatic rings. The topological polar surface area (TPSA) is 54.2 Å². The van der Waals surface area contributed by atoms with E-state index in [1.165, 1.54) is 32.1 Å². The van der Waals surface area contributed by atoms with Crippen molar-refractivity contribution >= 4 is 34.8 Å². The third-order valence-electron chi connectivity index (χ3n) is 4.64. The van der Waals surface area contributed by atoms with E-state index in [0.29, 0.717) is 15.9 Å². The number of piperidine rings is 1. The Morgan fingerprint density at radius 3 is 2.65 bits per heavy atom. The fraction of sp³-hybridized carbons (Fsp3) is 0.643. The molecule has 1 saturated heterocycles. The smallest absolute Gasteiger partial charge is 0.161 e.